The predicted molar refractivity (Wildman–Crippen MR) is 43.8 cm³/mol. The molecule has 0 radical (unpaired) electrons. The average molecular weight is 264 g/mol. The lowest BCUT2D eigenvalue weighted by Gasteiger charge is -1.94. The van der Waals surface area contributed by atoms with Crippen LogP contribution in [-0.4, -0.2) is 14.2 Å². The molecule has 0 aliphatic heterocycles. The highest BCUT2D eigenvalue weighted by atomic mass is 127. The van der Waals surface area contributed by atoms with E-state index in [1.165, 1.54) is 23.0 Å². The van der Waals surface area contributed by atoms with Gasteiger partial charge in [-0.3, -0.25) is 0 Å². The maximum atomic E-state index is 10.5. The molecular weight excluding hydrogens is 255 g/mol. The van der Waals surface area contributed by atoms with Crippen molar-refractivity contribution in [2.24, 2.45) is 0 Å². The summed E-state index contributed by atoms with van der Waals surface area (Å²) in [5.74, 6) is 0.131. The van der Waals surface area contributed by atoms with E-state index >= 15 is 0 Å². The third kappa shape index (κ3) is 5.10. The Morgan fingerprint density at radius 3 is 2.44 bits per heavy atom. The predicted octanol–water partition coefficient (Wildman–Crippen LogP) is 1.48. The van der Waals surface area contributed by atoms with Gasteiger partial charge in [-0.25, -0.2) is 0 Å². The zero-order chi connectivity index (χ0) is 7.33. The summed E-state index contributed by atoms with van der Waals surface area (Å²) in [7, 11) is -3.19. The molecule has 0 aliphatic rings. The Hall–Kier alpha value is 0.640. The first-order chi connectivity index (χ1) is 4.12. The highest BCUT2D eigenvalue weighted by Crippen LogP contribution is 2.02. The van der Waals surface area contributed by atoms with Crippen LogP contribution in [0.2, 0.25) is 0 Å². The summed E-state index contributed by atoms with van der Waals surface area (Å²) in [6, 6.07) is 0. The molecule has 0 saturated heterocycles. The molecule has 0 aromatic rings. The highest BCUT2D eigenvalue weighted by Gasteiger charge is 2.06. The molecule has 56 valence electrons. The number of hydrogen-bond acceptors (Lipinski definition) is 3. The van der Waals surface area contributed by atoms with Gasteiger partial charge in [0.15, 0.2) is 0 Å². The van der Waals surface area contributed by atoms with E-state index in [1.807, 2.05) is 6.92 Å². The molecule has 9 heavy (non-hydrogen) atoms. The Labute approximate surface area is 69.6 Å². The van der Waals surface area contributed by atoms with E-state index in [-0.39, 0.29) is 5.75 Å². The summed E-state index contributed by atoms with van der Waals surface area (Å²) in [6.07, 6.45) is 1.55. The van der Waals surface area contributed by atoms with Crippen molar-refractivity contribution in [2.45, 2.75) is 19.8 Å². The van der Waals surface area contributed by atoms with Crippen LogP contribution in [0.5, 0.6) is 0 Å². The summed E-state index contributed by atoms with van der Waals surface area (Å²) in [5.41, 5.74) is 0. The minimum absolute atomic E-state index is 0.131. The maximum absolute atomic E-state index is 10.5. The minimum atomic E-state index is -3.19. The third-order valence-corrected chi connectivity index (χ3v) is 3.47. The molecule has 0 rings (SSSR count). The molecular formula is C4H9IO3S. The quantitative estimate of drug-likeness (QED) is 0.722. The standard InChI is InChI=1S/C4H9IO3S/c1-2-3-4-9(6,7)8-5/h2-4H2,1H3. The molecule has 0 aliphatic carbocycles. The highest BCUT2D eigenvalue weighted by molar-refractivity contribution is 14.1. The number of unbranched alkanes of at least 4 members (excludes halogenated alkanes) is 1. The Morgan fingerprint density at radius 2 is 2.11 bits per heavy atom. The first-order valence-corrected chi connectivity index (χ1v) is 5.11. The fourth-order valence-electron chi connectivity index (χ4n) is 0.353. The average Bonchev–Trinajstić information content (AvgIpc) is 1.84. The number of hydrogen-bond donors (Lipinski definition) is 0. The molecule has 0 spiro atoms. The second kappa shape index (κ2) is 4.45. The van der Waals surface area contributed by atoms with Crippen molar-refractivity contribution in [3.63, 3.8) is 0 Å². The Morgan fingerprint density at radius 1 is 1.56 bits per heavy atom. The van der Waals surface area contributed by atoms with Gasteiger partial charge in [-0.05, 0) is 6.42 Å². The van der Waals surface area contributed by atoms with E-state index in [0.29, 0.717) is 6.42 Å². The second-order valence-corrected chi connectivity index (χ2v) is 4.41. The molecule has 5 heteroatoms. The van der Waals surface area contributed by atoms with E-state index in [2.05, 4.69) is 2.51 Å². The number of halogens is 1. The fraction of sp³-hybridized carbons (Fsp3) is 1.00. The zero-order valence-electron chi connectivity index (χ0n) is 5.13. The van der Waals surface area contributed by atoms with Gasteiger partial charge in [-0.1, -0.05) is 13.3 Å². The van der Waals surface area contributed by atoms with Gasteiger partial charge in [0.2, 0.25) is 0 Å². The molecule has 0 N–H and O–H groups in total. The van der Waals surface area contributed by atoms with Crippen molar-refractivity contribution in [1.82, 2.24) is 0 Å². The fourth-order valence-corrected chi connectivity index (χ4v) is 1.60. The summed E-state index contributed by atoms with van der Waals surface area (Å²) in [5, 5.41) is 0. The van der Waals surface area contributed by atoms with E-state index in [1.54, 1.807) is 0 Å². The van der Waals surface area contributed by atoms with Crippen LogP contribution in [0.15, 0.2) is 0 Å². The molecule has 0 saturated carbocycles. The molecule has 0 fully saturated rings. The summed E-state index contributed by atoms with van der Waals surface area (Å²) < 4.78 is 25.2. The normalized spacial score (nSPS) is 11.8. The van der Waals surface area contributed by atoms with Gasteiger partial charge in [0.1, 0.15) is 23.0 Å². The first-order valence-electron chi connectivity index (χ1n) is 2.65. The minimum Gasteiger partial charge on any atom is -0.199 e. The van der Waals surface area contributed by atoms with E-state index in [4.69, 9.17) is 0 Å². The van der Waals surface area contributed by atoms with Crippen LogP contribution in [0.25, 0.3) is 0 Å². The van der Waals surface area contributed by atoms with Crippen LogP contribution in [0.4, 0.5) is 0 Å². The Kier molecular flexibility index (Phi) is 4.77. The lowest BCUT2D eigenvalue weighted by molar-refractivity contribution is 0.533. The topological polar surface area (TPSA) is 43.4 Å². The number of rotatable bonds is 4. The van der Waals surface area contributed by atoms with E-state index in [0.717, 1.165) is 6.42 Å². The van der Waals surface area contributed by atoms with Gasteiger partial charge in [-0.15, -0.1) is 0 Å². The first kappa shape index (κ1) is 9.64. The van der Waals surface area contributed by atoms with E-state index in [9.17, 15) is 8.42 Å². The molecule has 0 atom stereocenters. The zero-order valence-corrected chi connectivity index (χ0v) is 8.11. The van der Waals surface area contributed by atoms with Crippen LogP contribution in [0.1, 0.15) is 19.8 Å². The second-order valence-electron chi connectivity index (χ2n) is 1.68. The molecule has 3 nitrogen and oxygen atoms in total. The van der Waals surface area contributed by atoms with Crippen molar-refractivity contribution in [2.75, 3.05) is 5.75 Å². The summed E-state index contributed by atoms with van der Waals surface area (Å²) >= 11 is 1.38. The van der Waals surface area contributed by atoms with Gasteiger partial charge >= 0.3 is 0 Å². The summed E-state index contributed by atoms with van der Waals surface area (Å²) in [4.78, 5) is 0. The smallest absolute Gasteiger partial charge is 0.199 e. The molecule has 0 aromatic heterocycles. The van der Waals surface area contributed by atoms with Gasteiger partial charge in [0, 0.05) is 0 Å². The van der Waals surface area contributed by atoms with Gasteiger partial charge < -0.3 is 0 Å². The third-order valence-electron chi connectivity index (χ3n) is 0.844. The molecule has 0 unspecified atom stereocenters. The lowest BCUT2D eigenvalue weighted by atomic mass is 10.4. The van der Waals surface area contributed by atoms with Crippen molar-refractivity contribution in [3.8, 4) is 0 Å². The molecule has 0 aromatic carbocycles. The van der Waals surface area contributed by atoms with Crippen molar-refractivity contribution in [1.29, 1.82) is 0 Å². The monoisotopic (exact) mass is 264 g/mol. The van der Waals surface area contributed by atoms with Gasteiger partial charge in [0.05, 0.1) is 5.75 Å². The van der Waals surface area contributed by atoms with Crippen LogP contribution in [-0.2, 0) is 12.6 Å². The summed E-state index contributed by atoms with van der Waals surface area (Å²) in [6.45, 7) is 1.93. The van der Waals surface area contributed by atoms with Crippen LogP contribution in [0, 0.1) is 0 Å². The molecule has 0 heterocycles. The van der Waals surface area contributed by atoms with Crippen LogP contribution >= 0.6 is 23.0 Å². The lowest BCUT2D eigenvalue weighted by Crippen LogP contribution is -2.03. The van der Waals surface area contributed by atoms with Crippen molar-refractivity contribution < 1.29 is 10.9 Å². The van der Waals surface area contributed by atoms with Crippen LogP contribution in [0.3, 0.4) is 0 Å². The van der Waals surface area contributed by atoms with Crippen molar-refractivity contribution in [3.05, 3.63) is 0 Å². The van der Waals surface area contributed by atoms with Gasteiger partial charge in [-0.2, -0.15) is 10.9 Å². The largest absolute Gasteiger partial charge is 0.276 e. The van der Waals surface area contributed by atoms with Gasteiger partial charge in [0.25, 0.3) is 10.1 Å². The van der Waals surface area contributed by atoms with Crippen LogP contribution < -0.4 is 0 Å². The Balaban J connectivity index is 3.61. The molecule has 0 amide bonds. The van der Waals surface area contributed by atoms with E-state index < -0.39 is 10.1 Å². The Bertz CT molecular complexity index is 151. The van der Waals surface area contributed by atoms with Crippen molar-refractivity contribution >= 4 is 33.1 Å². The SMILES string of the molecule is CCCCS(=O)(=O)OI. The maximum Gasteiger partial charge on any atom is 0.276 e. The molecule has 0 bridgehead atoms.